The van der Waals surface area contributed by atoms with Gasteiger partial charge in [0.25, 0.3) is 0 Å². The predicted molar refractivity (Wildman–Crippen MR) is 99.9 cm³/mol. The summed E-state index contributed by atoms with van der Waals surface area (Å²) in [6.07, 6.45) is 2.95. The van der Waals surface area contributed by atoms with E-state index in [2.05, 4.69) is 35.5 Å². The average molecular weight is 348 g/mol. The van der Waals surface area contributed by atoms with Crippen LogP contribution in [-0.4, -0.2) is 31.9 Å². The van der Waals surface area contributed by atoms with Crippen molar-refractivity contribution < 1.29 is 9.90 Å². The summed E-state index contributed by atoms with van der Waals surface area (Å²) >= 11 is 0. The van der Waals surface area contributed by atoms with Crippen LogP contribution in [0.5, 0.6) is 0 Å². The Balaban J connectivity index is 1.81. The van der Waals surface area contributed by atoms with Crippen molar-refractivity contribution in [3.63, 3.8) is 0 Å². The summed E-state index contributed by atoms with van der Waals surface area (Å²) in [6.45, 7) is 4.08. The van der Waals surface area contributed by atoms with Gasteiger partial charge in [-0.25, -0.2) is 14.5 Å². The first kappa shape index (κ1) is 16.3. The van der Waals surface area contributed by atoms with Crippen LogP contribution in [0.3, 0.4) is 0 Å². The lowest BCUT2D eigenvalue weighted by atomic mass is 10.0. The molecule has 2 aromatic heterocycles. The van der Waals surface area contributed by atoms with Crippen LogP contribution in [0.15, 0.2) is 42.6 Å². The summed E-state index contributed by atoms with van der Waals surface area (Å²) < 4.78 is 1.62. The highest BCUT2D eigenvalue weighted by molar-refractivity contribution is 5.88. The van der Waals surface area contributed by atoms with E-state index in [1.807, 2.05) is 25.1 Å². The van der Waals surface area contributed by atoms with Crippen LogP contribution < -0.4 is 5.32 Å². The van der Waals surface area contributed by atoms with E-state index in [1.165, 1.54) is 11.8 Å². The van der Waals surface area contributed by atoms with Gasteiger partial charge in [0.15, 0.2) is 5.82 Å². The van der Waals surface area contributed by atoms with Crippen LogP contribution in [0.4, 0.5) is 5.69 Å². The Bertz CT molecular complexity index is 993. The number of hydrogen-bond acceptors (Lipinski definition) is 4. The second kappa shape index (κ2) is 6.29. The van der Waals surface area contributed by atoms with E-state index < -0.39 is 5.97 Å². The van der Waals surface area contributed by atoms with Crippen molar-refractivity contribution in [1.82, 2.24) is 14.8 Å². The zero-order valence-corrected chi connectivity index (χ0v) is 14.7. The van der Waals surface area contributed by atoms with Crippen LogP contribution in [0.1, 0.15) is 35.5 Å². The molecule has 0 amide bonds. The fraction of sp³-hybridized carbons (Fsp3) is 0.250. The second-order valence-corrected chi connectivity index (χ2v) is 6.55. The number of carbonyl (C=O) groups is 1. The van der Waals surface area contributed by atoms with Gasteiger partial charge in [0.2, 0.25) is 0 Å². The highest BCUT2D eigenvalue weighted by atomic mass is 16.4. The third-order valence-electron chi connectivity index (χ3n) is 4.73. The molecule has 3 heterocycles. The number of nitrogens with one attached hydrogen (secondary N) is 1. The number of fused-ring (bicyclic) bond motifs is 1. The van der Waals surface area contributed by atoms with Crippen molar-refractivity contribution in [2.24, 2.45) is 0 Å². The monoisotopic (exact) mass is 348 g/mol. The Morgan fingerprint density at radius 3 is 2.88 bits per heavy atom. The molecule has 1 aromatic carbocycles. The molecule has 0 radical (unpaired) electrons. The number of rotatable bonds is 4. The standard InChI is InChI=1S/C20H20N4O2/c1-3-17-15(20(25)26)11-21-24(17)18-9-5-8-16(23-18)14-7-4-6-13-10-12(2)22-19(13)14/h4-9,11-12,22H,3,10H2,1-2H3,(H,25,26). The highest BCUT2D eigenvalue weighted by Gasteiger charge is 2.21. The fourth-order valence-corrected chi connectivity index (χ4v) is 3.56. The molecule has 1 unspecified atom stereocenters. The summed E-state index contributed by atoms with van der Waals surface area (Å²) in [4.78, 5) is 16.2. The van der Waals surface area contributed by atoms with Gasteiger partial charge in [0.05, 0.1) is 17.6 Å². The van der Waals surface area contributed by atoms with Crippen LogP contribution in [-0.2, 0) is 12.8 Å². The number of carboxylic acids is 1. The van der Waals surface area contributed by atoms with Crippen LogP contribution in [0.2, 0.25) is 0 Å². The lowest BCUT2D eigenvalue weighted by molar-refractivity contribution is 0.0695. The summed E-state index contributed by atoms with van der Waals surface area (Å²) in [5.74, 6) is -0.348. The number of aromatic nitrogens is 3. The lowest BCUT2D eigenvalue weighted by Crippen LogP contribution is -2.09. The third kappa shape index (κ3) is 2.63. The number of hydrogen-bond donors (Lipinski definition) is 2. The van der Waals surface area contributed by atoms with Gasteiger partial charge in [-0.2, -0.15) is 5.10 Å². The molecule has 6 nitrogen and oxygen atoms in total. The quantitative estimate of drug-likeness (QED) is 0.754. The van der Waals surface area contributed by atoms with E-state index in [4.69, 9.17) is 4.98 Å². The van der Waals surface area contributed by atoms with Crippen molar-refractivity contribution >= 4 is 11.7 Å². The SMILES string of the molecule is CCc1c(C(=O)O)cnn1-c1cccc(-c2cccc3c2NC(C)C3)n1. The number of nitrogens with zero attached hydrogens (tertiary/aromatic N) is 3. The van der Waals surface area contributed by atoms with Crippen LogP contribution >= 0.6 is 0 Å². The first-order valence-corrected chi connectivity index (χ1v) is 8.75. The minimum absolute atomic E-state index is 0.218. The maximum Gasteiger partial charge on any atom is 0.339 e. The van der Waals surface area contributed by atoms with Gasteiger partial charge < -0.3 is 10.4 Å². The van der Waals surface area contributed by atoms with Gasteiger partial charge in [-0.15, -0.1) is 0 Å². The fourth-order valence-electron chi connectivity index (χ4n) is 3.56. The van der Waals surface area contributed by atoms with Crippen molar-refractivity contribution in [1.29, 1.82) is 0 Å². The molecule has 132 valence electrons. The Labute approximate surface area is 151 Å². The molecule has 6 heteroatoms. The van der Waals surface area contributed by atoms with E-state index in [0.29, 0.717) is 24.0 Å². The second-order valence-electron chi connectivity index (χ2n) is 6.55. The molecule has 0 bridgehead atoms. The number of carboxylic acid groups (broad SMARTS) is 1. The maximum absolute atomic E-state index is 11.4. The molecule has 0 aliphatic carbocycles. The molecule has 0 saturated carbocycles. The van der Waals surface area contributed by atoms with Crippen molar-refractivity contribution in [3.8, 4) is 17.1 Å². The normalized spacial score (nSPS) is 15.5. The van der Waals surface area contributed by atoms with Gasteiger partial charge in [-0.1, -0.05) is 31.2 Å². The highest BCUT2D eigenvalue weighted by Crippen LogP contribution is 2.35. The first-order chi connectivity index (χ1) is 12.6. The van der Waals surface area contributed by atoms with Crippen molar-refractivity contribution in [2.45, 2.75) is 32.7 Å². The van der Waals surface area contributed by atoms with E-state index in [1.54, 1.807) is 4.68 Å². The predicted octanol–water partition coefficient (Wildman–Crippen LogP) is 3.55. The molecule has 0 spiro atoms. The molecule has 4 rings (SSSR count). The first-order valence-electron chi connectivity index (χ1n) is 8.75. The minimum atomic E-state index is -0.969. The van der Waals surface area contributed by atoms with E-state index >= 15 is 0 Å². The van der Waals surface area contributed by atoms with Gasteiger partial charge in [-0.05, 0) is 37.5 Å². The van der Waals surface area contributed by atoms with E-state index in [-0.39, 0.29) is 5.56 Å². The number of para-hydroxylation sites is 1. The number of benzene rings is 1. The largest absolute Gasteiger partial charge is 0.478 e. The molecular weight excluding hydrogens is 328 g/mol. The number of aromatic carboxylic acids is 1. The number of pyridine rings is 1. The smallest absolute Gasteiger partial charge is 0.339 e. The Kier molecular flexibility index (Phi) is 3.95. The molecule has 1 aliphatic heterocycles. The van der Waals surface area contributed by atoms with Crippen LogP contribution in [0.25, 0.3) is 17.1 Å². The molecule has 3 aromatic rings. The molecule has 26 heavy (non-hydrogen) atoms. The summed E-state index contributed by atoms with van der Waals surface area (Å²) in [5, 5.41) is 17.1. The molecule has 0 saturated heterocycles. The molecule has 1 atom stereocenters. The van der Waals surface area contributed by atoms with Gasteiger partial charge in [-0.3, -0.25) is 0 Å². The Hall–Kier alpha value is -3.15. The van der Waals surface area contributed by atoms with Gasteiger partial charge >= 0.3 is 5.97 Å². The topological polar surface area (TPSA) is 80.0 Å². The molecular formula is C20H20N4O2. The summed E-state index contributed by atoms with van der Waals surface area (Å²) in [7, 11) is 0. The number of anilines is 1. The molecule has 1 aliphatic rings. The van der Waals surface area contributed by atoms with Gasteiger partial charge in [0.1, 0.15) is 5.56 Å². The maximum atomic E-state index is 11.4. The van der Waals surface area contributed by atoms with Gasteiger partial charge in [0, 0.05) is 17.3 Å². The minimum Gasteiger partial charge on any atom is -0.478 e. The molecule has 0 fully saturated rings. The van der Waals surface area contributed by atoms with Crippen LogP contribution in [0, 0.1) is 0 Å². The Morgan fingerprint density at radius 1 is 1.31 bits per heavy atom. The third-order valence-corrected chi connectivity index (χ3v) is 4.73. The summed E-state index contributed by atoms with van der Waals surface area (Å²) in [5.41, 5.74) is 5.19. The zero-order valence-electron chi connectivity index (χ0n) is 14.7. The van der Waals surface area contributed by atoms with E-state index in [9.17, 15) is 9.90 Å². The van der Waals surface area contributed by atoms with Crippen molar-refractivity contribution in [3.05, 3.63) is 59.4 Å². The Morgan fingerprint density at radius 2 is 2.12 bits per heavy atom. The average Bonchev–Trinajstić information content (AvgIpc) is 3.23. The van der Waals surface area contributed by atoms with E-state index in [0.717, 1.165) is 23.4 Å². The zero-order chi connectivity index (χ0) is 18.3. The summed E-state index contributed by atoms with van der Waals surface area (Å²) in [6, 6.07) is 12.4. The van der Waals surface area contributed by atoms with Crippen molar-refractivity contribution in [2.75, 3.05) is 5.32 Å². The molecule has 2 N–H and O–H groups in total. The lowest BCUT2D eigenvalue weighted by Gasteiger charge is -2.12.